The van der Waals surface area contributed by atoms with E-state index in [2.05, 4.69) is 55.8 Å². The molecule has 1 aromatic carbocycles. The van der Waals surface area contributed by atoms with Crippen LogP contribution in [0.1, 0.15) is 71.3 Å². The number of likely N-dealkylation sites (N-methyl/N-ethyl adjacent to an activating group) is 1. The number of piperidine rings is 1. The van der Waals surface area contributed by atoms with E-state index >= 15 is 0 Å². The van der Waals surface area contributed by atoms with E-state index in [1.807, 2.05) is 34.2 Å². The average Bonchev–Trinajstić information content (AvgIpc) is 2.99. The molecule has 1 aliphatic carbocycles. The Hall–Kier alpha value is -2.64. The van der Waals surface area contributed by atoms with Gasteiger partial charge < -0.3 is 24.7 Å². The van der Waals surface area contributed by atoms with Crippen LogP contribution in [0.15, 0.2) is 48.2 Å². The molecule has 3 aliphatic heterocycles. The van der Waals surface area contributed by atoms with Crippen LogP contribution in [0, 0.1) is 17.3 Å². The van der Waals surface area contributed by atoms with E-state index < -0.39 is 11.0 Å². The molecule has 1 aromatic rings. The third kappa shape index (κ3) is 6.78. The minimum absolute atomic E-state index is 0.0322. The number of likely N-dealkylation sites (tertiary alicyclic amines) is 1. The second-order valence-corrected chi connectivity index (χ2v) is 14.1. The molecule has 2 atom stereocenters. The Morgan fingerprint density at radius 1 is 0.976 bits per heavy atom. The maximum Gasteiger partial charge on any atom is 0.256 e. The van der Waals surface area contributed by atoms with Gasteiger partial charge in [-0.25, -0.2) is 0 Å². The van der Waals surface area contributed by atoms with Crippen LogP contribution < -0.4 is 0 Å². The lowest BCUT2D eigenvalue weighted by atomic mass is 9.69. The molecule has 0 bridgehead atoms. The Morgan fingerprint density at radius 3 is 2.33 bits per heavy atom. The predicted molar refractivity (Wildman–Crippen MR) is 168 cm³/mol. The minimum atomic E-state index is -0.979. The second kappa shape index (κ2) is 12.9. The predicted octanol–water partition coefficient (Wildman–Crippen LogP) is 4.64. The normalized spacial score (nSPS) is 26.5. The van der Waals surface area contributed by atoms with Gasteiger partial charge in [0, 0.05) is 69.9 Å². The summed E-state index contributed by atoms with van der Waals surface area (Å²) in [6.07, 6.45) is 12.1. The lowest BCUT2D eigenvalue weighted by molar-refractivity contribution is -0.156. The zero-order valence-electron chi connectivity index (χ0n) is 26.4. The van der Waals surface area contributed by atoms with Crippen molar-refractivity contribution in [3.05, 3.63) is 53.7 Å². The Kier molecular flexibility index (Phi) is 9.48. The molecule has 3 heterocycles. The van der Waals surface area contributed by atoms with Crippen LogP contribution in [0.3, 0.4) is 0 Å². The highest BCUT2D eigenvalue weighted by molar-refractivity contribution is 6.09. The number of hydrogen-bond acceptors (Lipinski definition) is 5. The molecule has 42 heavy (non-hydrogen) atoms. The van der Waals surface area contributed by atoms with E-state index in [0.717, 1.165) is 43.7 Å². The van der Waals surface area contributed by atoms with Gasteiger partial charge in [0.15, 0.2) is 0 Å². The lowest BCUT2D eigenvalue weighted by Gasteiger charge is -2.52. The van der Waals surface area contributed by atoms with Gasteiger partial charge in [-0.05, 0) is 36.9 Å². The Labute approximate surface area is 253 Å². The van der Waals surface area contributed by atoms with Crippen molar-refractivity contribution in [3.8, 4) is 0 Å². The number of piperazine rings is 1. The van der Waals surface area contributed by atoms with Crippen molar-refractivity contribution in [2.24, 2.45) is 17.3 Å². The monoisotopic (exact) mass is 576 g/mol. The summed E-state index contributed by atoms with van der Waals surface area (Å²) in [7, 11) is 2.09. The summed E-state index contributed by atoms with van der Waals surface area (Å²) in [5.41, 5.74) is 1.24. The fraction of sp³-hybridized carbons (Fsp3) is 0.657. The molecule has 5 rings (SSSR count). The van der Waals surface area contributed by atoms with Gasteiger partial charge in [0.25, 0.3) is 5.91 Å². The van der Waals surface area contributed by atoms with Gasteiger partial charge in [0.2, 0.25) is 5.91 Å². The maximum absolute atomic E-state index is 13.9. The smallest absolute Gasteiger partial charge is 0.256 e. The molecular weight excluding hydrogens is 524 g/mol. The molecule has 0 aromatic heterocycles. The van der Waals surface area contributed by atoms with Crippen LogP contribution in [-0.2, 0) is 9.59 Å². The number of β-amino-alcohol motifs (C(OH)–C–C–N with tert-alkyl or cyclic N) is 1. The van der Waals surface area contributed by atoms with Gasteiger partial charge in [-0.3, -0.25) is 9.59 Å². The third-order valence-corrected chi connectivity index (χ3v) is 10.5. The van der Waals surface area contributed by atoms with Gasteiger partial charge >= 0.3 is 0 Å². The summed E-state index contributed by atoms with van der Waals surface area (Å²) in [5, 5.41) is 12.1. The highest BCUT2D eigenvalue weighted by Crippen LogP contribution is 2.41. The van der Waals surface area contributed by atoms with Crippen molar-refractivity contribution in [2.75, 3.05) is 59.4 Å². The van der Waals surface area contributed by atoms with Gasteiger partial charge in [0.05, 0.1) is 11.2 Å². The number of nitrogens with zero attached hydrogens (tertiary/aromatic N) is 4. The highest BCUT2D eigenvalue weighted by Gasteiger charge is 2.49. The summed E-state index contributed by atoms with van der Waals surface area (Å²) >= 11 is 0. The van der Waals surface area contributed by atoms with Crippen molar-refractivity contribution in [1.29, 1.82) is 0 Å². The zero-order chi connectivity index (χ0) is 29.9. The fourth-order valence-corrected chi connectivity index (χ4v) is 7.49. The number of aliphatic hydroxyl groups is 1. The molecule has 1 N–H and O–H groups in total. The van der Waals surface area contributed by atoms with Crippen molar-refractivity contribution in [2.45, 2.75) is 71.3 Å². The molecule has 2 amide bonds. The summed E-state index contributed by atoms with van der Waals surface area (Å²) in [5.74, 6) is 1.00. The van der Waals surface area contributed by atoms with E-state index in [4.69, 9.17) is 0 Å². The fourth-order valence-electron chi connectivity index (χ4n) is 7.49. The standard InChI is InChI=1S/C35H52N4O3/c1-27(23-28-11-7-5-8-12-28)32(40)39-18-16-35(42,34(2,3)25-39)26-37-17-15-30(29-13-9-6-10-14-29)31(24-37)33(41)38-21-19-36(4)20-22-38/h6,9-10,13-15,24,27-28,42H,5,7-8,11-12,16-23,25-26H2,1-4H3/t27-,35?/m1/s1. The van der Waals surface area contributed by atoms with Gasteiger partial charge in [-0.1, -0.05) is 89.3 Å². The number of hydrogen-bond donors (Lipinski definition) is 1. The molecule has 1 unspecified atom stereocenters. The zero-order valence-corrected chi connectivity index (χ0v) is 26.4. The first-order chi connectivity index (χ1) is 20.1. The van der Waals surface area contributed by atoms with Gasteiger partial charge in [-0.15, -0.1) is 0 Å². The van der Waals surface area contributed by atoms with Crippen molar-refractivity contribution < 1.29 is 14.7 Å². The number of carbonyl (C=O) groups excluding carboxylic acids is 2. The van der Waals surface area contributed by atoms with E-state index in [1.165, 1.54) is 32.1 Å². The minimum Gasteiger partial charge on any atom is -0.387 e. The molecule has 230 valence electrons. The first-order valence-corrected chi connectivity index (χ1v) is 16.3. The Balaban J connectivity index is 1.28. The quantitative estimate of drug-likeness (QED) is 0.512. The van der Waals surface area contributed by atoms with Gasteiger partial charge in [0.1, 0.15) is 0 Å². The van der Waals surface area contributed by atoms with Crippen LogP contribution in [0.5, 0.6) is 0 Å². The van der Waals surface area contributed by atoms with Crippen molar-refractivity contribution in [3.63, 3.8) is 0 Å². The first kappa shape index (κ1) is 30.8. The lowest BCUT2D eigenvalue weighted by Crippen LogP contribution is -2.62. The molecule has 7 nitrogen and oxygen atoms in total. The molecule has 0 spiro atoms. The van der Waals surface area contributed by atoms with E-state index in [1.54, 1.807) is 0 Å². The third-order valence-electron chi connectivity index (χ3n) is 10.5. The van der Waals surface area contributed by atoms with Crippen molar-refractivity contribution in [1.82, 2.24) is 19.6 Å². The van der Waals surface area contributed by atoms with E-state index in [9.17, 15) is 14.7 Å². The SMILES string of the molecule is C[C@H](CC1CCCCC1)C(=O)N1CCC(O)(CN2C=C(C(=O)N3CCN(C)CC3)C(c3ccccc3)=CC2)C(C)(C)C1. The topological polar surface area (TPSA) is 67.3 Å². The molecule has 0 radical (unpaired) electrons. The number of rotatable bonds is 7. The average molecular weight is 577 g/mol. The first-order valence-electron chi connectivity index (χ1n) is 16.3. The van der Waals surface area contributed by atoms with Crippen LogP contribution >= 0.6 is 0 Å². The van der Waals surface area contributed by atoms with Crippen LogP contribution in [-0.4, -0.2) is 102 Å². The Bertz CT molecular complexity index is 1160. The van der Waals surface area contributed by atoms with Gasteiger partial charge in [-0.2, -0.15) is 0 Å². The summed E-state index contributed by atoms with van der Waals surface area (Å²) in [6.45, 7) is 11.6. The largest absolute Gasteiger partial charge is 0.387 e. The number of benzene rings is 1. The highest BCUT2D eigenvalue weighted by atomic mass is 16.3. The molecular formula is C35H52N4O3. The van der Waals surface area contributed by atoms with Crippen LogP contribution in [0.2, 0.25) is 0 Å². The number of carbonyl (C=O) groups is 2. The Morgan fingerprint density at radius 2 is 1.67 bits per heavy atom. The molecule has 1 saturated carbocycles. The van der Waals surface area contributed by atoms with Crippen LogP contribution in [0.4, 0.5) is 0 Å². The number of amides is 2. The van der Waals surface area contributed by atoms with E-state index in [0.29, 0.717) is 44.1 Å². The summed E-state index contributed by atoms with van der Waals surface area (Å²) < 4.78 is 0. The molecule has 7 heteroatoms. The maximum atomic E-state index is 13.9. The molecule has 2 saturated heterocycles. The summed E-state index contributed by atoms with van der Waals surface area (Å²) in [4.78, 5) is 35.7. The summed E-state index contributed by atoms with van der Waals surface area (Å²) in [6, 6.07) is 10.1. The second-order valence-electron chi connectivity index (χ2n) is 14.1. The molecule has 3 fully saturated rings. The molecule has 4 aliphatic rings. The van der Waals surface area contributed by atoms with Crippen LogP contribution in [0.25, 0.3) is 5.57 Å². The van der Waals surface area contributed by atoms with E-state index in [-0.39, 0.29) is 17.7 Å². The van der Waals surface area contributed by atoms with Crippen molar-refractivity contribution >= 4 is 17.4 Å².